The highest BCUT2D eigenvalue weighted by atomic mass is 16.6. The number of anilines is 1. The Labute approximate surface area is 188 Å². The summed E-state index contributed by atoms with van der Waals surface area (Å²) >= 11 is 0. The van der Waals surface area contributed by atoms with E-state index in [2.05, 4.69) is 5.32 Å². The number of ether oxygens (including phenoxy) is 2. The van der Waals surface area contributed by atoms with Crippen LogP contribution >= 0.6 is 0 Å². The summed E-state index contributed by atoms with van der Waals surface area (Å²) < 4.78 is 9.91. The molecule has 0 bridgehead atoms. The molecule has 1 N–H and O–H groups in total. The molecule has 0 saturated carbocycles. The molecule has 0 spiro atoms. The first-order valence-electron chi connectivity index (χ1n) is 9.94. The summed E-state index contributed by atoms with van der Waals surface area (Å²) in [6, 6.07) is 8.15. The number of nitrogens with one attached hydrogen (secondary N) is 1. The number of hydrogen-bond acceptors (Lipinski definition) is 8. The molecule has 2 aromatic rings. The Morgan fingerprint density at radius 3 is 2.52 bits per heavy atom. The molecule has 1 aliphatic rings. The monoisotopic (exact) mass is 455 g/mol. The van der Waals surface area contributed by atoms with Crippen molar-refractivity contribution in [2.75, 3.05) is 32.2 Å². The lowest BCUT2D eigenvalue weighted by molar-refractivity contribution is -0.385. The number of esters is 1. The zero-order valence-corrected chi connectivity index (χ0v) is 18.0. The minimum Gasteiger partial charge on any atom is -0.452 e. The van der Waals surface area contributed by atoms with Crippen LogP contribution in [0.4, 0.5) is 11.4 Å². The Kier molecular flexibility index (Phi) is 7.13. The number of nitro benzene ring substituents is 1. The predicted molar refractivity (Wildman–Crippen MR) is 115 cm³/mol. The van der Waals surface area contributed by atoms with Gasteiger partial charge in [-0.05, 0) is 37.6 Å². The second kappa shape index (κ2) is 10.0. The molecule has 0 fully saturated rings. The number of hydrogen-bond donors (Lipinski definition) is 1. The summed E-state index contributed by atoms with van der Waals surface area (Å²) in [5.41, 5.74) is 0.747. The van der Waals surface area contributed by atoms with Gasteiger partial charge in [-0.3, -0.25) is 29.4 Å². The molecule has 11 heteroatoms. The van der Waals surface area contributed by atoms with Gasteiger partial charge in [-0.1, -0.05) is 6.07 Å². The van der Waals surface area contributed by atoms with E-state index in [4.69, 9.17) is 9.47 Å². The number of nitrogens with zero attached hydrogens (tertiary/aromatic N) is 2. The van der Waals surface area contributed by atoms with Gasteiger partial charge in [0.05, 0.1) is 21.6 Å². The van der Waals surface area contributed by atoms with E-state index in [-0.39, 0.29) is 34.6 Å². The molecule has 0 aliphatic carbocycles. The Bertz CT molecular complexity index is 1140. The summed E-state index contributed by atoms with van der Waals surface area (Å²) in [5, 5.41) is 13.4. The van der Waals surface area contributed by atoms with E-state index < -0.39 is 35.2 Å². The maximum atomic E-state index is 12.5. The number of methoxy groups -OCH3 is 1. The number of carbonyl (C=O) groups excluding carboxylic acids is 4. The number of amides is 3. The highest BCUT2D eigenvalue weighted by molar-refractivity contribution is 6.22. The molecule has 0 unspecified atom stereocenters. The number of aryl methyl sites for hydroxylation is 1. The highest BCUT2D eigenvalue weighted by Crippen LogP contribution is 2.25. The van der Waals surface area contributed by atoms with Gasteiger partial charge in [-0.2, -0.15) is 0 Å². The van der Waals surface area contributed by atoms with E-state index in [1.165, 1.54) is 43.5 Å². The first-order valence-corrected chi connectivity index (χ1v) is 9.94. The Balaban J connectivity index is 1.61. The van der Waals surface area contributed by atoms with Crippen molar-refractivity contribution in [3.05, 3.63) is 68.8 Å². The summed E-state index contributed by atoms with van der Waals surface area (Å²) in [7, 11) is 1.52. The van der Waals surface area contributed by atoms with Crippen LogP contribution in [0, 0.1) is 17.0 Å². The quantitative estimate of drug-likeness (QED) is 0.199. The smallest absolute Gasteiger partial charge is 0.338 e. The number of imide groups is 1. The fourth-order valence-corrected chi connectivity index (χ4v) is 3.28. The van der Waals surface area contributed by atoms with E-state index in [0.29, 0.717) is 18.6 Å². The summed E-state index contributed by atoms with van der Waals surface area (Å²) in [4.78, 5) is 60.9. The van der Waals surface area contributed by atoms with Gasteiger partial charge in [0.1, 0.15) is 0 Å². The maximum absolute atomic E-state index is 12.5. The van der Waals surface area contributed by atoms with E-state index in [0.717, 1.165) is 4.90 Å². The second-order valence-electron chi connectivity index (χ2n) is 7.25. The van der Waals surface area contributed by atoms with Crippen LogP contribution in [0.5, 0.6) is 0 Å². The molecular formula is C22H21N3O8. The summed E-state index contributed by atoms with van der Waals surface area (Å²) in [6.07, 6.45) is 0.482. The van der Waals surface area contributed by atoms with Crippen molar-refractivity contribution in [1.29, 1.82) is 0 Å². The normalized spacial score (nSPS) is 12.5. The first kappa shape index (κ1) is 23.5. The van der Waals surface area contributed by atoms with Gasteiger partial charge in [0.2, 0.25) is 0 Å². The summed E-state index contributed by atoms with van der Waals surface area (Å²) in [6.45, 7) is 1.51. The van der Waals surface area contributed by atoms with Gasteiger partial charge in [0.15, 0.2) is 6.61 Å². The number of fused-ring (bicyclic) bond motifs is 1. The molecule has 172 valence electrons. The van der Waals surface area contributed by atoms with Gasteiger partial charge < -0.3 is 14.8 Å². The topological polar surface area (TPSA) is 145 Å². The first-order chi connectivity index (χ1) is 15.7. The Morgan fingerprint density at radius 1 is 1.09 bits per heavy atom. The van der Waals surface area contributed by atoms with Crippen LogP contribution < -0.4 is 5.32 Å². The average Bonchev–Trinajstić information content (AvgIpc) is 3.03. The zero-order valence-electron chi connectivity index (χ0n) is 18.0. The van der Waals surface area contributed by atoms with Crippen LogP contribution in [0.15, 0.2) is 36.4 Å². The third-order valence-corrected chi connectivity index (χ3v) is 4.96. The molecule has 3 amide bonds. The molecule has 3 rings (SSSR count). The van der Waals surface area contributed by atoms with Gasteiger partial charge in [0.25, 0.3) is 23.4 Å². The fourth-order valence-electron chi connectivity index (χ4n) is 3.28. The molecule has 0 radical (unpaired) electrons. The predicted octanol–water partition coefficient (Wildman–Crippen LogP) is 2.33. The minimum atomic E-state index is -0.860. The maximum Gasteiger partial charge on any atom is 0.338 e. The largest absolute Gasteiger partial charge is 0.452 e. The van der Waals surface area contributed by atoms with Crippen molar-refractivity contribution in [1.82, 2.24) is 4.90 Å². The van der Waals surface area contributed by atoms with Crippen molar-refractivity contribution in [2.24, 2.45) is 0 Å². The van der Waals surface area contributed by atoms with Gasteiger partial charge >= 0.3 is 5.97 Å². The van der Waals surface area contributed by atoms with Crippen LogP contribution in [0.2, 0.25) is 0 Å². The molecule has 2 aromatic carbocycles. The average molecular weight is 455 g/mol. The van der Waals surface area contributed by atoms with E-state index >= 15 is 0 Å². The molecule has 33 heavy (non-hydrogen) atoms. The minimum absolute atomic E-state index is 0.00687. The molecule has 0 atom stereocenters. The van der Waals surface area contributed by atoms with Crippen LogP contribution in [0.3, 0.4) is 0 Å². The SMILES string of the molecule is COCCCN1C(=O)c2ccc(C(=O)OCC(=O)Nc3ccc(C)c([N+](=O)[O-])c3)cc2C1=O. The fraction of sp³-hybridized carbons (Fsp3) is 0.273. The van der Waals surface area contributed by atoms with Gasteiger partial charge in [0, 0.05) is 37.6 Å². The van der Waals surface area contributed by atoms with Crippen LogP contribution in [0.25, 0.3) is 0 Å². The van der Waals surface area contributed by atoms with Crippen LogP contribution in [0.1, 0.15) is 43.1 Å². The van der Waals surface area contributed by atoms with Gasteiger partial charge in [-0.15, -0.1) is 0 Å². The van der Waals surface area contributed by atoms with Crippen LogP contribution in [-0.4, -0.2) is 60.4 Å². The van der Waals surface area contributed by atoms with Crippen molar-refractivity contribution >= 4 is 35.1 Å². The number of benzene rings is 2. The Hall–Kier alpha value is -4.12. The number of nitro groups is 1. The van der Waals surface area contributed by atoms with E-state index in [1.807, 2.05) is 0 Å². The van der Waals surface area contributed by atoms with Gasteiger partial charge in [-0.25, -0.2) is 4.79 Å². The third-order valence-electron chi connectivity index (χ3n) is 4.96. The number of rotatable bonds is 9. The van der Waals surface area contributed by atoms with Crippen LogP contribution in [-0.2, 0) is 14.3 Å². The lowest BCUT2D eigenvalue weighted by Crippen LogP contribution is -2.31. The summed E-state index contributed by atoms with van der Waals surface area (Å²) in [5.74, 6) is -2.52. The number of carbonyl (C=O) groups is 4. The molecule has 0 aromatic heterocycles. The molecule has 1 heterocycles. The molecule has 1 aliphatic heterocycles. The molecular weight excluding hydrogens is 434 g/mol. The highest BCUT2D eigenvalue weighted by Gasteiger charge is 2.35. The van der Waals surface area contributed by atoms with Crippen molar-refractivity contribution in [3.8, 4) is 0 Å². The van der Waals surface area contributed by atoms with E-state index in [9.17, 15) is 29.3 Å². The lowest BCUT2D eigenvalue weighted by Gasteiger charge is -2.12. The van der Waals surface area contributed by atoms with E-state index in [1.54, 1.807) is 6.92 Å². The molecule has 11 nitrogen and oxygen atoms in total. The second-order valence-corrected chi connectivity index (χ2v) is 7.25. The third kappa shape index (κ3) is 5.21. The molecule has 0 saturated heterocycles. The van der Waals surface area contributed by atoms with Crippen molar-refractivity contribution in [2.45, 2.75) is 13.3 Å². The van der Waals surface area contributed by atoms with Crippen molar-refractivity contribution in [3.63, 3.8) is 0 Å². The van der Waals surface area contributed by atoms with Crippen molar-refractivity contribution < 1.29 is 33.6 Å². The zero-order chi connectivity index (χ0) is 24.1. The standard InChI is InChI=1S/C22H21N3O8/c1-13-4-6-15(11-18(13)25(30)31)23-19(26)12-33-22(29)14-5-7-16-17(10-14)21(28)24(20(16)27)8-3-9-32-2/h4-7,10-11H,3,8-9,12H2,1-2H3,(H,23,26). The Morgan fingerprint density at radius 2 is 1.82 bits per heavy atom. The lowest BCUT2D eigenvalue weighted by atomic mass is 10.1.